The minimum absolute atomic E-state index is 0.0648. The molecule has 15 heteroatoms. The van der Waals surface area contributed by atoms with E-state index in [0.29, 0.717) is 6.21 Å². The summed E-state index contributed by atoms with van der Waals surface area (Å²) in [6, 6.07) is 3.84. The first-order chi connectivity index (χ1) is 15.5. The minimum Gasteiger partial charge on any atom is -0.379 e. The maximum atomic E-state index is 13.7. The zero-order chi connectivity index (χ0) is 24.3. The van der Waals surface area contributed by atoms with Gasteiger partial charge in [0.1, 0.15) is 0 Å². The summed E-state index contributed by atoms with van der Waals surface area (Å²) in [6.07, 6.45) is 0.352. The zero-order valence-corrected chi connectivity index (χ0v) is 18.7. The molecule has 1 aliphatic heterocycles. The summed E-state index contributed by atoms with van der Waals surface area (Å²) in [7, 11) is -3.83. The molecule has 0 unspecified atom stereocenters. The smallest absolute Gasteiger partial charge is 0.243 e. The Kier molecular flexibility index (Phi) is 7.84. The van der Waals surface area contributed by atoms with Crippen LogP contribution in [-0.2, 0) is 14.8 Å². The highest BCUT2D eigenvalue weighted by Crippen LogP contribution is 2.27. The molecule has 1 saturated heterocycles. The Bertz CT molecular complexity index is 1200. The van der Waals surface area contributed by atoms with Crippen molar-refractivity contribution in [1.29, 1.82) is 0 Å². The van der Waals surface area contributed by atoms with Gasteiger partial charge in [-0.25, -0.2) is 30.4 Å². The van der Waals surface area contributed by atoms with Crippen molar-refractivity contribution in [2.24, 2.45) is 5.10 Å². The molecule has 0 saturated carbocycles. The number of thiocarbonyl (C=S) groups is 1. The fourth-order valence-corrected chi connectivity index (χ4v) is 4.50. The van der Waals surface area contributed by atoms with Crippen LogP contribution in [-0.4, -0.2) is 50.4 Å². The third-order valence-corrected chi connectivity index (χ3v) is 6.81. The van der Waals surface area contributed by atoms with E-state index in [0.717, 1.165) is 0 Å². The van der Waals surface area contributed by atoms with Gasteiger partial charge in [-0.1, -0.05) is 11.6 Å². The van der Waals surface area contributed by atoms with Crippen LogP contribution in [0.4, 0.5) is 27.6 Å². The Morgan fingerprint density at radius 2 is 1.64 bits per heavy atom. The van der Waals surface area contributed by atoms with Gasteiger partial charge in [-0.2, -0.15) is 9.41 Å². The number of anilines is 1. The molecule has 0 aromatic heterocycles. The van der Waals surface area contributed by atoms with E-state index in [4.69, 9.17) is 28.6 Å². The van der Waals surface area contributed by atoms with Gasteiger partial charge >= 0.3 is 0 Å². The van der Waals surface area contributed by atoms with Gasteiger partial charge < -0.3 is 10.1 Å². The van der Waals surface area contributed by atoms with Crippen LogP contribution in [0, 0.1) is 29.1 Å². The molecule has 0 bridgehead atoms. The van der Waals surface area contributed by atoms with Gasteiger partial charge in [0, 0.05) is 13.1 Å². The van der Waals surface area contributed by atoms with Gasteiger partial charge in [-0.15, -0.1) is 0 Å². The van der Waals surface area contributed by atoms with Crippen molar-refractivity contribution in [3.05, 3.63) is 57.9 Å². The summed E-state index contributed by atoms with van der Waals surface area (Å²) in [5.41, 5.74) is 0.905. The van der Waals surface area contributed by atoms with Crippen LogP contribution >= 0.6 is 23.8 Å². The van der Waals surface area contributed by atoms with E-state index >= 15 is 0 Å². The molecular formula is C18H14ClF5N4O3S2. The highest BCUT2D eigenvalue weighted by atomic mass is 35.5. The quantitative estimate of drug-likeness (QED) is 0.155. The Hall–Kier alpha value is -2.39. The predicted octanol–water partition coefficient (Wildman–Crippen LogP) is 3.38. The van der Waals surface area contributed by atoms with E-state index in [1.165, 1.54) is 22.5 Å². The molecule has 2 aromatic carbocycles. The molecule has 0 radical (unpaired) electrons. The number of hydrogen-bond donors (Lipinski definition) is 2. The van der Waals surface area contributed by atoms with Gasteiger partial charge in [0.05, 0.1) is 40.6 Å². The zero-order valence-electron chi connectivity index (χ0n) is 16.3. The highest BCUT2D eigenvalue weighted by Gasteiger charge is 2.27. The monoisotopic (exact) mass is 528 g/mol. The summed E-state index contributed by atoms with van der Waals surface area (Å²) in [5, 5.41) is 5.67. The topological polar surface area (TPSA) is 83.0 Å². The highest BCUT2D eigenvalue weighted by molar-refractivity contribution is 7.89. The van der Waals surface area contributed by atoms with Gasteiger partial charge in [-0.05, 0) is 30.4 Å². The average Bonchev–Trinajstić information content (AvgIpc) is 2.80. The second-order valence-electron chi connectivity index (χ2n) is 6.47. The van der Waals surface area contributed by atoms with Crippen LogP contribution in [0.3, 0.4) is 0 Å². The standard InChI is InChI=1S/C18H14ClF5N4O3S2/c19-11-2-1-9(33(29,30)28-3-5-31-6-4-28)7-12(11)26-18(32)27-25-8-10-13(20)15(22)17(24)16(23)14(10)21/h1-2,7-8H,3-6H2,(H2,26,27,32). The lowest BCUT2D eigenvalue weighted by Crippen LogP contribution is -2.40. The van der Waals surface area contributed by atoms with Crippen LogP contribution < -0.4 is 10.7 Å². The number of hydrazone groups is 1. The lowest BCUT2D eigenvalue weighted by molar-refractivity contribution is 0.0730. The maximum absolute atomic E-state index is 13.7. The summed E-state index contributed by atoms with van der Waals surface area (Å²) in [5.74, 6) is -10.7. The first kappa shape index (κ1) is 25.2. The molecule has 1 aliphatic rings. The molecule has 2 N–H and O–H groups in total. The largest absolute Gasteiger partial charge is 0.379 e. The van der Waals surface area contributed by atoms with E-state index in [1.807, 2.05) is 0 Å². The molecule has 0 aliphatic carbocycles. The molecular weight excluding hydrogens is 515 g/mol. The lowest BCUT2D eigenvalue weighted by Gasteiger charge is -2.26. The molecule has 33 heavy (non-hydrogen) atoms. The molecule has 7 nitrogen and oxygen atoms in total. The van der Waals surface area contributed by atoms with Crippen LogP contribution in [0.25, 0.3) is 0 Å². The Morgan fingerprint density at radius 1 is 1.06 bits per heavy atom. The number of benzene rings is 2. The first-order valence-electron chi connectivity index (χ1n) is 9.03. The fourth-order valence-electron chi connectivity index (χ4n) is 2.74. The molecule has 1 heterocycles. The van der Waals surface area contributed by atoms with Crippen molar-refractivity contribution in [3.63, 3.8) is 0 Å². The van der Waals surface area contributed by atoms with E-state index in [1.54, 1.807) is 0 Å². The van der Waals surface area contributed by atoms with Gasteiger partial charge in [0.15, 0.2) is 28.4 Å². The van der Waals surface area contributed by atoms with Crippen molar-refractivity contribution in [1.82, 2.24) is 9.73 Å². The number of nitrogens with one attached hydrogen (secondary N) is 2. The summed E-state index contributed by atoms with van der Waals surface area (Å²) < 4.78 is 98.8. The molecule has 0 spiro atoms. The summed E-state index contributed by atoms with van der Waals surface area (Å²) in [6.45, 7) is 0.875. The maximum Gasteiger partial charge on any atom is 0.243 e. The molecule has 0 amide bonds. The molecule has 2 aromatic rings. The number of rotatable bonds is 5. The van der Waals surface area contributed by atoms with Gasteiger partial charge in [0.25, 0.3) is 0 Å². The molecule has 1 fully saturated rings. The van der Waals surface area contributed by atoms with Gasteiger partial charge in [0.2, 0.25) is 15.8 Å². The lowest BCUT2D eigenvalue weighted by atomic mass is 10.2. The second-order valence-corrected chi connectivity index (χ2v) is 9.22. The van der Waals surface area contributed by atoms with Crippen LogP contribution in [0.2, 0.25) is 5.02 Å². The normalized spacial score (nSPS) is 15.1. The first-order valence-corrected chi connectivity index (χ1v) is 11.3. The minimum atomic E-state index is -3.83. The van der Waals surface area contributed by atoms with Crippen molar-refractivity contribution in [2.75, 3.05) is 31.6 Å². The average molecular weight is 529 g/mol. The Labute approximate surface area is 195 Å². The second kappa shape index (κ2) is 10.3. The number of sulfonamides is 1. The third kappa shape index (κ3) is 5.41. The Balaban J connectivity index is 1.74. The van der Waals surface area contributed by atoms with E-state index in [-0.39, 0.29) is 47.0 Å². The number of morpholine rings is 1. The predicted molar refractivity (Wildman–Crippen MR) is 114 cm³/mol. The van der Waals surface area contributed by atoms with E-state index in [9.17, 15) is 30.4 Å². The number of halogens is 6. The summed E-state index contributed by atoms with van der Waals surface area (Å²) >= 11 is 11.0. The van der Waals surface area contributed by atoms with Crippen LogP contribution in [0.5, 0.6) is 0 Å². The van der Waals surface area contributed by atoms with Crippen molar-refractivity contribution in [2.45, 2.75) is 4.90 Å². The molecule has 0 atom stereocenters. The number of hydrogen-bond acceptors (Lipinski definition) is 5. The SMILES string of the molecule is O=S(=O)(c1ccc(Cl)c(NC(=S)NN=Cc2c(F)c(F)c(F)c(F)c2F)c1)N1CCOCC1. The van der Waals surface area contributed by atoms with Crippen molar-refractivity contribution < 1.29 is 35.1 Å². The molecule has 3 rings (SSSR count). The van der Waals surface area contributed by atoms with Crippen LogP contribution in [0.1, 0.15) is 5.56 Å². The van der Waals surface area contributed by atoms with Crippen molar-refractivity contribution in [3.8, 4) is 0 Å². The van der Waals surface area contributed by atoms with Gasteiger partial charge in [-0.3, -0.25) is 5.43 Å². The van der Waals surface area contributed by atoms with E-state index < -0.39 is 44.7 Å². The molecule has 178 valence electrons. The number of nitrogens with zero attached hydrogens (tertiary/aromatic N) is 2. The Morgan fingerprint density at radius 3 is 2.24 bits per heavy atom. The third-order valence-electron chi connectivity index (χ3n) is 4.40. The van der Waals surface area contributed by atoms with Crippen LogP contribution in [0.15, 0.2) is 28.2 Å². The van der Waals surface area contributed by atoms with Crippen molar-refractivity contribution >= 4 is 50.9 Å². The number of ether oxygens (including phenoxy) is 1. The van der Waals surface area contributed by atoms with E-state index in [2.05, 4.69) is 15.8 Å². The fraction of sp³-hybridized carbons (Fsp3) is 0.222. The summed E-state index contributed by atoms with van der Waals surface area (Å²) in [4.78, 5) is -0.0796.